The third kappa shape index (κ3) is 3.23. The molecule has 0 radical (unpaired) electrons. The van der Waals surface area contributed by atoms with E-state index in [0.717, 1.165) is 37.4 Å². The lowest BCUT2D eigenvalue weighted by molar-refractivity contribution is 0.247. The lowest BCUT2D eigenvalue weighted by Gasteiger charge is -2.20. The highest BCUT2D eigenvalue weighted by molar-refractivity contribution is 5.90. The molecule has 2 N–H and O–H groups in total. The minimum atomic E-state index is -0.591. The van der Waals surface area contributed by atoms with E-state index in [0.29, 0.717) is 11.3 Å². The zero-order valence-corrected chi connectivity index (χ0v) is 14.9. The van der Waals surface area contributed by atoms with Gasteiger partial charge in [0.05, 0.1) is 16.9 Å². The van der Waals surface area contributed by atoms with Crippen LogP contribution < -0.4 is 15.5 Å². The second-order valence-electron chi connectivity index (χ2n) is 7.14. The van der Waals surface area contributed by atoms with Crippen LogP contribution in [0.4, 0.5) is 20.7 Å². The van der Waals surface area contributed by atoms with Gasteiger partial charge in [0.15, 0.2) is 0 Å². The third-order valence-electron chi connectivity index (χ3n) is 5.24. The maximum Gasteiger partial charge on any atom is 0.319 e. The number of amides is 2. The van der Waals surface area contributed by atoms with Crippen LogP contribution in [0.15, 0.2) is 36.4 Å². The van der Waals surface area contributed by atoms with Gasteiger partial charge in [-0.15, -0.1) is 0 Å². The number of carbonyl (C=O) groups is 1. The maximum absolute atomic E-state index is 14.1. The highest BCUT2D eigenvalue weighted by Gasteiger charge is 2.47. The number of carbonyl (C=O) groups excluding carboxylic acids is 1. The Labute approximate surface area is 152 Å². The largest absolute Gasteiger partial charge is 0.357 e. The highest BCUT2D eigenvalue weighted by atomic mass is 19.1. The van der Waals surface area contributed by atoms with Crippen LogP contribution in [0, 0.1) is 12.7 Å². The molecule has 2 aliphatic rings. The molecule has 4 rings (SSSR count). The summed E-state index contributed by atoms with van der Waals surface area (Å²) in [5.74, 6) is 0.675. The molecule has 1 saturated heterocycles. The first kappa shape index (κ1) is 16.8. The molecule has 1 aromatic carbocycles. The van der Waals surface area contributed by atoms with Crippen LogP contribution in [0.1, 0.15) is 36.9 Å². The number of nitrogens with one attached hydrogen (secondary N) is 2. The first-order chi connectivity index (χ1) is 12.6. The molecule has 5 nitrogen and oxygen atoms in total. The molecule has 2 fully saturated rings. The fourth-order valence-electron chi connectivity index (χ4n) is 3.61. The quantitative estimate of drug-likeness (QED) is 0.874. The van der Waals surface area contributed by atoms with Gasteiger partial charge < -0.3 is 15.5 Å². The van der Waals surface area contributed by atoms with E-state index in [1.165, 1.54) is 18.9 Å². The van der Waals surface area contributed by atoms with Crippen molar-refractivity contribution in [3.8, 4) is 0 Å². The molecule has 136 valence electrons. The molecule has 2 heterocycles. The van der Waals surface area contributed by atoms with Gasteiger partial charge in [0.2, 0.25) is 0 Å². The second kappa shape index (κ2) is 6.59. The number of aryl methyl sites for hydroxylation is 1. The van der Waals surface area contributed by atoms with Crippen molar-refractivity contribution in [2.24, 2.45) is 0 Å². The summed E-state index contributed by atoms with van der Waals surface area (Å²) in [7, 11) is 0. The van der Waals surface area contributed by atoms with E-state index in [4.69, 9.17) is 0 Å². The smallest absolute Gasteiger partial charge is 0.319 e. The topological polar surface area (TPSA) is 57.3 Å². The summed E-state index contributed by atoms with van der Waals surface area (Å²) in [6.07, 6.45) is 3.88. The average Bonchev–Trinajstić information content (AvgIpc) is 3.18. The lowest BCUT2D eigenvalue weighted by Crippen LogP contribution is -2.38. The first-order valence-corrected chi connectivity index (χ1v) is 9.14. The van der Waals surface area contributed by atoms with Gasteiger partial charge in [0.25, 0.3) is 0 Å². The Hall–Kier alpha value is -2.63. The van der Waals surface area contributed by atoms with E-state index >= 15 is 0 Å². The lowest BCUT2D eigenvalue weighted by atomic mass is 10.0. The fourth-order valence-corrected chi connectivity index (χ4v) is 3.61. The second-order valence-corrected chi connectivity index (χ2v) is 7.14. The Kier molecular flexibility index (Phi) is 4.26. The van der Waals surface area contributed by atoms with E-state index in [1.54, 1.807) is 18.2 Å². The molecule has 1 aliphatic carbocycles. The van der Waals surface area contributed by atoms with Crippen LogP contribution in [-0.2, 0) is 5.54 Å². The maximum atomic E-state index is 14.1. The number of aromatic nitrogens is 1. The normalized spacial score (nSPS) is 17.8. The van der Waals surface area contributed by atoms with Crippen LogP contribution in [0.2, 0.25) is 0 Å². The Morgan fingerprint density at radius 2 is 1.88 bits per heavy atom. The number of hydrogen-bond donors (Lipinski definition) is 2. The zero-order chi connectivity index (χ0) is 18.1. The van der Waals surface area contributed by atoms with Crippen LogP contribution in [0.25, 0.3) is 0 Å². The monoisotopic (exact) mass is 354 g/mol. The number of anilines is 2. The van der Waals surface area contributed by atoms with E-state index in [9.17, 15) is 9.18 Å². The van der Waals surface area contributed by atoms with Crippen LogP contribution in [0.5, 0.6) is 0 Å². The van der Waals surface area contributed by atoms with Crippen LogP contribution in [-0.4, -0.2) is 24.1 Å². The summed E-state index contributed by atoms with van der Waals surface area (Å²) >= 11 is 0. The molecule has 1 saturated carbocycles. The van der Waals surface area contributed by atoms with E-state index < -0.39 is 5.54 Å². The summed E-state index contributed by atoms with van der Waals surface area (Å²) < 4.78 is 14.1. The molecule has 0 bridgehead atoms. The van der Waals surface area contributed by atoms with Gasteiger partial charge in [0, 0.05) is 18.7 Å². The van der Waals surface area contributed by atoms with E-state index in [1.807, 2.05) is 19.1 Å². The molecule has 26 heavy (non-hydrogen) atoms. The molecule has 2 amide bonds. The molecular weight excluding hydrogens is 331 g/mol. The summed E-state index contributed by atoms with van der Waals surface area (Å²) in [6.45, 7) is 3.95. The molecule has 0 unspecified atom stereocenters. The van der Waals surface area contributed by atoms with Crippen molar-refractivity contribution >= 4 is 17.5 Å². The Morgan fingerprint density at radius 1 is 1.15 bits per heavy atom. The molecule has 6 heteroatoms. The predicted octanol–water partition coefficient (Wildman–Crippen LogP) is 3.94. The van der Waals surface area contributed by atoms with Crippen LogP contribution in [0.3, 0.4) is 0 Å². The minimum absolute atomic E-state index is 0.280. The number of urea groups is 1. The number of nitrogens with zero attached hydrogens (tertiary/aromatic N) is 2. The number of benzene rings is 1. The number of rotatable bonds is 4. The van der Waals surface area contributed by atoms with E-state index in [2.05, 4.69) is 20.5 Å². The van der Waals surface area contributed by atoms with Crippen molar-refractivity contribution in [2.75, 3.05) is 23.3 Å². The average molecular weight is 354 g/mol. The highest BCUT2D eigenvalue weighted by Crippen LogP contribution is 2.46. The Morgan fingerprint density at radius 3 is 2.54 bits per heavy atom. The molecular formula is C20H23FN4O. The fraction of sp³-hybridized carbons (Fsp3) is 0.400. The van der Waals surface area contributed by atoms with Gasteiger partial charge in [0.1, 0.15) is 11.6 Å². The van der Waals surface area contributed by atoms with E-state index in [-0.39, 0.29) is 11.8 Å². The molecule has 0 atom stereocenters. The Bertz CT molecular complexity index is 828. The van der Waals surface area contributed by atoms with Crippen molar-refractivity contribution in [3.63, 3.8) is 0 Å². The van der Waals surface area contributed by atoms with Crippen molar-refractivity contribution in [2.45, 2.75) is 38.1 Å². The number of pyridine rings is 1. The molecule has 0 spiro atoms. The van der Waals surface area contributed by atoms with Gasteiger partial charge in [-0.3, -0.25) is 0 Å². The first-order valence-electron chi connectivity index (χ1n) is 9.14. The van der Waals surface area contributed by atoms with Crippen molar-refractivity contribution < 1.29 is 9.18 Å². The summed E-state index contributed by atoms with van der Waals surface area (Å²) in [5, 5.41) is 5.80. The molecule has 1 aliphatic heterocycles. The minimum Gasteiger partial charge on any atom is -0.357 e. The zero-order valence-electron chi connectivity index (χ0n) is 14.9. The van der Waals surface area contributed by atoms with Crippen molar-refractivity contribution in [1.82, 2.24) is 10.3 Å². The summed E-state index contributed by atoms with van der Waals surface area (Å²) in [5.41, 5.74) is 1.41. The van der Waals surface area contributed by atoms with Gasteiger partial charge in [-0.2, -0.15) is 0 Å². The summed E-state index contributed by atoms with van der Waals surface area (Å²) in [6, 6.07) is 10.1. The van der Waals surface area contributed by atoms with Gasteiger partial charge in [-0.05, 0) is 50.8 Å². The van der Waals surface area contributed by atoms with Gasteiger partial charge >= 0.3 is 6.03 Å². The predicted molar refractivity (Wildman–Crippen MR) is 99.9 cm³/mol. The van der Waals surface area contributed by atoms with Crippen molar-refractivity contribution in [1.29, 1.82) is 0 Å². The SMILES string of the molecule is Cc1nc(N2CCCC2)ccc1NC(=O)NC1(c2ccccc2F)CC1. The van der Waals surface area contributed by atoms with Crippen molar-refractivity contribution in [3.05, 3.63) is 53.5 Å². The standard InChI is InChI=1S/C20H23FN4O/c1-14-17(8-9-18(22-14)25-12-4-5-13-25)23-19(26)24-20(10-11-20)15-6-2-3-7-16(15)21/h2-3,6-9H,4-5,10-13H2,1H3,(H2,23,24,26). The third-order valence-corrected chi connectivity index (χ3v) is 5.24. The van der Waals surface area contributed by atoms with Crippen LogP contribution >= 0.6 is 0 Å². The molecule has 2 aromatic rings. The van der Waals surface area contributed by atoms with Gasteiger partial charge in [-0.1, -0.05) is 18.2 Å². The number of hydrogen-bond acceptors (Lipinski definition) is 3. The number of halogens is 1. The molecule has 1 aromatic heterocycles. The van der Waals surface area contributed by atoms with Gasteiger partial charge in [-0.25, -0.2) is 14.2 Å². The summed E-state index contributed by atoms with van der Waals surface area (Å²) in [4.78, 5) is 19.3. The Balaban J connectivity index is 1.44.